The smallest absolute Gasteiger partial charge is 0.406 e. The van der Waals surface area contributed by atoms with Gasteiger partial charge in [-0.2, -0.15) is 5.21 Å². The first kappa shape index (κ1) is 34.1. The van der Waals surface area contributed by atoms with Gasteiger partial charge in [-0.15, -0.1) is 23.4 Å². The molecule has 1 unspecified atom stereocenters. The second-order valence-electron chi connectivity index (χ2n) is 14.0. The first-order valence-electron chi connectivity index (χ1n) is 16.0. The molecule has 3 aromatic rings. The maximum atomic E-state index is 14.5. The van der Waals surface area contributed by atoms with Crippen LogP contribution in [0.1, 0.15) is 106 Å². The standard InChI is InChI=1S/C34H42F3N7O3/c1-21(2)22-14-18-33(19-15-22)39-29(24-10-12-26(13-11-24)47-34(35,36)37)31(46)44(33)27(16-17-32(3,4)5)23-6-8-25(9-7-23)30(45)38-20-28-40-42-43-41-28/h6-13,21-22,27H,14-20H2,1-5H3,(H,38,45)(H,40,41,42,43). The number of ether oxygens (including phenoxy) is 1. The monoisotopic (exact) mass is 653 g/mol. The summed E-state index contributed by atoms with van der Waals surface area (Å²) in [5.74, 6) is 0.462. The number of nitrogens with one attached hydrogen (secondary N) is 2. The molecular formula is C34H42F3N7O3. The number of H-pyrrole nitrogens is 1. The Balaban J connectivity index is 1.48. The van der Waals surface area contributed by atoms with Crippen LogP contribution in [-0.2, 0) is 11.3 Å². The first-order chi connectivity index (χ1) is 22.1. The number of carbonyl (C=O) groups excluding carboxylic acids is 2. The van der Waals surface area contributed by atoms with E-state index >= 15 is 0 Å². The van der Waals surface area contributed by atoms with Crippen LogP contribution < -0.4 is 10.1 Å². The molecule has 1 spiro atoms. The molecule has 2 aliphatic rings. The lowest BCUT2D eigenvalue weighted by Crippen LogP contribution is -2.51. The second kappa shape index (κ2) is 13.4. The van der Waals surface area contributed by atoms with Crippen molar-refractivity contribution in [2.24, 2.45) is 22.2 Å². The predicted octanol–water partition coefficient (Wildman–Crippen LogP) is 6.77. The van der Waals surface area contributed by atoms with E-state index in [9.17, 15) is 22.8 Å². The van der Waals surface area contributed by atoms with E-state index in [1.807, 2.05) is 17.0 Å². The van der Waals surface area contributed by atoms with Crippen LogP contribution in [0.25, 0.3) is 0 Å². The van der Waals surface area contributed by atoms with E-state index in [-0.39, 0.29) is 41.3 Å². The molecule has 2 aromatic carbocycles. The molecule has 1 atom stereocenters. The van der Waals surface area contributed by atoms with E-state index in [1.54, 1.807) is 12.1 Å². The summed E-state index contributed by atoms with van der Waals surface area (Å²) in [5, 5.41) is 16.3. The fourth-order valence-electron chi connectivity index (χ4n) is 6.56. The Bertz CT molecular complexity index is 1560. The van der Waals surface area contributed by atoms with E-state index in [0.717, 1.165) is 24.8 Å². The summed E-state index contributed by atoms with van der Waals surface area (Å²) in [6.45, 7) is 11.0. The van der Waals surface area contributed by atoms with Crippen molar-refractivity contribution >= 4 is 17.5 Å². The number of rotatable bonds is 10. The quantitative estimate of drug-likeness (QED) is 0.249. The molecule has 5 rings (SSSR count). The van der Waals surface area contributed by atoms with Gasteiger partial charge in [-0.1, -0.05) is 52.0 Å². The van der Waals surface area contributed by atoms with Crippen LogP contribution in [0.5, 0.6) is 5.75 Å². The minimum absolute atomic E-state index is 0.0174. The maximum Gasteiger partial charge on any atom is 0.573 e. The molecule has 0 bridgehead atoms. The summed E-state index contributed by atoms with van der Waals surface area (Å²) in [4.78, 5) is 34.5. The lowest BCUT2D eigenvalue weighted by Gasteiger charge is -2.46. The minimum Gasteiger partial charge on any atom is -0.406 e. The Morgan fingerprint density at radius 3 is 2.28 bits per heavy atom. The van der Waals surface area contributed by atoms with Crippen LogP contribution in [0.15, 0.2) is 53.5 Å². The Morgan fingerprint density at radius 2 is 1.72 bits per heavy atom. The zero-order valence-electron chi connectivity index (χ0n) is 27.4. The van der Waals surface area contributed by atoms with Crippen LogP contribution in [0, 0.1) is 17.3 Å². The van der Waals surface area contributed by atoms with Crippen molar-refractivity contribution < 1.29 is 27.5 Å². The van der Waals surface area contributed by atoms with Gasteiger partial charge in [0, 0.05) is 11.1 Å². The molecule has 2 amide bonds. The third kappa shape index (κ3) is 8.17. The molecule has 2 heterocycles. The molecule has 1 saturated carbocycles. The van der Waals surface area contributed by atoms with Gasteiger partial charge in [-0.25, -0.2) is 0 Å². The molecule has 1 aliphatic heterocycles. The van der Waals surface area contributed by atoms with Gasteiger partial charge in [-0.05, 0) is 97.7 Å². The molecule has 1 aromatic heterocycles. The van der Waals surface area contributed by atoms with E-state index in [0.29, 0.717) is 48.0 Å². The molecule has 1 aliphatic carbocycles. The highest BCUT2D eigenvalue weighted by Crippen LogP contribution is 2.48. The highest BCUT2D eigenvalue weighted by molar-refractivity contribution is 6.46. The van der Waals surface area contributed by atoms with Gasteiger partial charge in [0.25, 0.3) is 11.8 Å². The SMILES string of the molecule is CC(C)C1CCC2(CC1)N=C(c1ccc(OC(F)(F)F)cc1)C(=O)N2C(CCC(C)(C)C)c1ccc(C(=O)NCc2nn[nH]n2)cc1. The molecule has 2 N–H and O–H groups in total. The fourth-order valence-corrected chi connectivity index (χ4v) is 6.56. The second-order valence-corrected chi connectivity index (χ2v) is 14.0. The number of nitrogens with zero attached hydrogens (tertiary/aromatic N) is 5. The van der Waals surface area contributed by atoms with Gasteiger partial charge >= 0.3 is 6.36 Å². The Labute approximate surface area is 272 Å². The van der Waals surface area contributed by atoms with Crippen molar-refractivity contribution in [3.8, 4) is 5.75 Å². The fraction of sp³-hybridized carbons (Fsp3) is 0.529. The van der Waals surface area contributed by atoms with Crippen molar-refractivity contribution in [1.82, 2.24) is 30.8 Å². The molecule has 1 fully saturated rings. The summed E-state index contributed by atoms with van der Waals surface area (Å²) in [6, 6.07) is 12.3. The van der Waals surface area contributed by atoms with Gasteiger partial charge in [0.05, 0.1) is 12.6 Å². The molecule has 0 saturated heterocycles. The largest absolute Gasteiger partial charge is 0.573 e. The van der Waals surface area contributed by atoms with Crippen molar-refractivity contribution in [2.75, 3.05) is 0 Å². The topological polar surface area (TPSA) is 125 Å². The van der Waals surface area contributed by atoms with E-state index < -0.39 is 12.0 Å². The van der Waals surface area contributed by atoms with Gasteiger partial charge in [0.1, 0.15) is 17.1 Å². The van der Waals surface area contributed by atoms with Crippen LogP contribution in [-0.4, -0.2) is 55.1 Å². The zero-order valence-corrected chi connectivity index (χ0v) is 27.4. The number of amides is 2. The highest BCUT2D eigenvalue weighted by atomic mass is 19.4. The third-order valence-corrected chi connectivity index (χ3v) is 9.16. The summed E-state index contributed by atoms with van der Waals surface area (Å²) in [5.41, 5.74) is 1.21. The number of halogens is 3. The van der Waals surface area contributed by atoms with E-state index in [4.69, 9.17) is 4.99 Å². The van der Waals surface area contributed by atoms with Gasteiger partial charge < -0.3 is 15.0 Å². The highest BCUT2D eigenvalue weighted by Gasteiger charge is 2.52. The molecule has 0 radical (unpaired) electrons. The van der Waals surface area contributed by atoms with Gasteiger partial charge in [0.15, 0.2) is 5.82 Å². The number of tetrazole rings is 1. The minimum atomic E-state index is -4.82. The number of hydrogen-bond acceptors (Lipinski definition) is 7. The van der Waals surface area contributed by atoms with Gasteiger partial charge in [-0.3, -0.25) is 14.6 Å². The number of carbonyl (C=O) groups is 2. The Hall–Kier alpha value is -4.29. The lowest BCUT2D eigenvalue weighted by atomic mass is 9.75. The molecule has 252 valence electrons. The lowest BCUT2D eigenvalue weighted by molar-refractivity contribution is -0.274. The molecule has 13 heteroatoms. The zero-order chi connectivity index (χ0) is 34.0. The maximum absolute atomic E-state index is 14.5. The summed E-state index contributed by atoms with van der Waals surface area (Å²) in [6.07, 6.45) is -0.161. The Kier molecular flexibility index (Phi) is 9.74. The number of alkyl halides is 3. The number of aromatic amines is 1. The molecule has 10 nitrogen and oxygen atoms in total. The van der Waals surface area contributed by atoms with Crippen LogP contribution >= 0.6 is 0 Å². The summed E-state index contributed by atoms with van der Waals surface area (Å²) >= 11 is 0. The van der Waals surface area contributed by atoms with Crippen LogP contribution in [0.2, 0.25) is 0 Å². The number of hydrogen-bond donors (Lipinski definition) is 2. The van der Waals surface area contributed by atoms with Gasteiger partial charge in [0.2, 0.25) is 0 Å². The molecule has 47 heavy (non-hydrogen) atoms. The van der Waals surface area contributed by atoms with Crippen molar-refractivity contribution in [3.05, 3.63) is 71.0 Å². The van der Waals surface area contributed by atoms with E-state index in [2.05, 4.69) is 65.3 Å². The summed E-state index contributed by atoms with van der Waals surface area (Å²) < 4.78 is 42.5. The normalized spacial score (nSPS) is 20.9. The first-order valence-corrected chi connectivity index (χ1v) is 16.0. The predicted molar refractivity (Wildman–Crippen MR) is 169 cm³/mol. The average molecular weight is 654 g/mol. The Morgan fingerprint density at radius 1 is 1.06 bits per heavy atom. The number of aromatic nitrogens is 4. The number of aliphatic imine (C=N–C) groups is 1. The van der Waals surface area contributed by atoms with E-state index in [1.165, 1.54) is 24.3 Å². The average Bonchev–Trinajstić information content (AvgIpc) is 3.63. The van der Waals surface area contributed by atoms with Crippen molar-refractivity contribution in [1.29, 1.82) is 0 Å². The van der Waals surface area contributed by atoms with Crippen molar-refractivity contribution in [2.45, 2.75) is 97.8 Å². The van der Waals surface area contributed by atoms with Crippen molar-refractivity contribution in [3.63, 3.8) is 0 Å². The van der Waals surface area contributed by atoms with Crippen LogP contribution in [0.3, 0.4) is 0 Å². The molecular weight excluding hydrogens is 611 g/mol. The third-order valence-electron chi connectivity index (χ3n) is 9.16. The summed E-state index contributed by atoms with van der Waals surface area (Å²) in [7, 11) is 0. The number of benzene rings is 2. The van der Waals surface area contributed by atoms with Crippen LogP contribution in [0.4, 0.5) is 13.2 Å².